The van der Waals surface area contributed by atoms with Crippen LogP contribution >= 0.6 is 0 Å². The van der Waals surface area contributed by atoms with Crippen molar-refractivity contribution < 1.29 is 9.53 Å². The van der Waals surface area contributed by atoms with Gasteiger partial charge in [0.15, 0.2) is 5.78 Å². The van der Waals surface area contributed by atoms with Gasteiger partial charge in [0.05, 0.1) is 12.6 Å². The van der Waals surface area contributed by atoms with Gasteiger partial charge in [0.1, 0.15) is 0 Å². The van der Waals surface area contributed by atoms with Crippen molar-refractivity contribution in [1.29, 1.82) is 0 Å². The zero-order valence-electron chi connectivity index (χ0n) is 35.5. The van der Waals surface area contributed by atoms with Crippen molar-refractivity contribution in [2.45, 2.75) is 206 Å². The van der Waals surface area contributed by atoms with E-state index in [4.69, 9.17) is 4.74 Å². The molecule has 0 aromatic carbocycles. The molecule has 0 aromatic rings. The molecular weight excluding hydrogens is 653 g/mol. The summed E-state index contributed by atoms with van der Waals surface area (Å²) in [6.45, 7) is 25.6. The van der Waals surface area contributed by atoms with E-state index in [9.17, 15) is 4.79 Å². The van der Waals surface area contributed by atoms with Crippen molar-refractivity contribution in [1.82, 2.24) is 21.3 Å². The summed E-state index contributed by atoms with van der Waals surface area (Å²) in [5.41, 5.74) is 3.20. The Labute approximate surface area is 330 Å². The van der Waals surface area contributed by atoms with Gasteiger partial charge in [0.2, 0.25) is 0 Å². The van der Waals surface area contributed by atoms with Crippen molar-refractivity contribution in [2.24, 2.45) is 0 Å². The van der Waals surface area contributed by atoms with Gasteiger partial charge in [0.25, 0.3) is 0 Å². The molecule has 0 bridgehead atoms. The number of carbonyl (C=O) groups excluding carboxylic acids is 1. The highest BCUT2D eigenvalue weighted by atomic mass is 16.5. The minimum absolute atomic E-state index is 0.0979. The molecule has 0 rings (SSSR count). The topological polar surface area (TPSA) is 74.4 Å². The van der Waals surface area contributed by atoms with E-state index in [0.717, 1.165) is 82.7 Å². The molecule has 53 heavy (non-hydrogen) atoms. The van der Waals surface area contributed by atoms with Crippen LogP contribution in [0, 0.1) is 0 Å². The number of ether oxygens (including phenoxy) is 1. The number of Topliss-reactive ketones (excluding diaryl/α,β-unsaturated/α-hetero) is 1. The lowest BCUT2D eigenvalue weighted by Gasteiger charge is -2.19. The molecule has 6 heteroatoms. The summed E-state index contributed by atoms with van der Waals surface area (Å²) in [6, 6.07) is -0.0979. The summed E-state index contributed by atoms with van der Waals surface area (Å²) in [6.07, 6.45) is 38.2. The smallest absolute Gasteiger partial charge is 0.151 e. The second kappa shape index (κ2) is 41.1. The van der Waals surface area contributed by atoms with Gasteiger partial charge in [-0.05, 0) is 103 Å². The molecular formula is C47H90N4O2. The van der Waals surface area contributed by atoms with Crippen LogP contribution in [0.4, 0.5) is 0 Å². The molecule has 0 radical (unpaired) electrons. The maximum Gasteiger partial charge on any atom is 0.151 e. The summed E-state index contributed by atoms with van der Waals surface area (Å²) in [5.74, 6) is 0.224. The van der Waals surface area contributed by atoms with Crippen LogP contribution in [0.1, 0.15) is 200 Å². The molecule has 0 aliphatic rings. The molecule has 0 heterocycles. The van der Waals surface area contributed by atoms with Crippen molar-refractivity contribution in [3.63, 3.8) is 0 Å². The Hall–Kier alpha value is -2.05. The highest BCUT2D eigenvalue weighted by Gasteiger charge is 2.14. The first-order chi connectivity index (χ1) is 25.9. The second-order valence-electron chi connectivity index (χ2n) is 15.6. The number of ketones is 1. The lowest BCUT2D eigenvalue weighted by Crippen LogP contribution is -2.35. The van der Waals surface area contributed by atoms with Crippen LogP contribution in [-0.2, 0) is 9.53 Å². The number of rotatable bonds is 45. The molecule has 1 atom stereocenters. The fourth-order valence-corrected chi connectivity index (χ4v) is 6.67. The average molecular weight is 743 g/mol. The fourth-order valence-electron chi connectivity index (χ4n) is 6.67. The first kappa shape index (κ1) is 51.0. The summed E-state index contributed by atoms with van der Waals surface area (Å²) in [5, 5.41) is 13.8. The fraction of sp³-hybridized carbons (Fsp3) is 0.809. The number of carbonyl (C=O) groups is 1. The van der Waals surface area contributed by atoms with Gasteiger partial charge in [0, 0.05) is 36.8 Å². The van der Waals surface area contributed by atoms with Gasteiger partial charge < -0.3 is 26.0 Å². The molecule has 0 spiro atoms. The number of allylic oxidation sites excluding steroid dienone is 3. The standard InChI is InChI=1S/C47H90N4O2/c1-7-9-11-12-13-14-15-16-17-18-19-20-21-22-24-29-35-44(4)51-47(46(6)52)36-33-38-48-37-30-26-23-25-28-34-43(3)49-40-31-27-32-41-53-42-45(5)50-39-10-8-2/h7,47-51H,1,3-5,8-42H2,2,6H3. The van der Waals surface area contributed by atoms with Crippen LogP contribution in [0.25, 0.3) is 0 Å². The van der Waals surface area contributed by atoms with E-state index >= 15 is 0 Å². The Kier molecular flexibility index (Phi) is 39.5. The highest BCUT2D eigenvalue weighted by Crippen LogP contribution is 2.15. The number of hydrogen-bond donors (Lipinski definition) is 4. The van der Waals surface area contributed by atoms with Crippen molar-refractivity contribution in [3.8, 4) is 0 Å². The third-order valence-corrected chi connectivity index (χ3v) is 10.2. The van der Waals surface area contributed by atoms with Crippen LogP contribution in [-0.4, -0.2) is 51.2 Å². The number of unbranched alkanes of at least 4 members (excludes halogenated alkanes) is 21. The van der Waals surface area contributed by atoms with Crippen LogP contribution in [0.3, 0.4) is 0 Å². The summed E-state index contributed by atoms with van der Waals surface area (Å²) >= 11 is 0. The SMILES string of the molecule is C=CCCCCCCCCCCCCCCCCC(=C)NC(CCCNCCCCCCCC(=C)NCCCCCOCC(=C)NCCCC)C(C)=O. The van der Waals surface area contributed by atoms with Crippen molar-refractivity contribution >= 4 is 5.78 Å². The predicted molar refractivity (Wildman–Crippen MR) is 234 cm³/mol. The zero-order valence-corrected chi connectivity index (χ0v) is 35.5. The van der Waals surface area contributed by atoms with Crippen molar-refractivity contribution in [3.05, 3.63) is 49.5 Å². The molecule has 4 N–H and O–H groups in total. The Morgan fingerprint density at radius 1 is 0.566 bits per heavy atom. The first-order valence-corrected chi connectivity index (χ1v) is 22.6. The molecule has 0 aliphatic heterocycles. The molecule has 0 aliphatic carbocycles. The van der Waals surface area contributed by atoms with Gasteiger partial charge in [-0.15, -0.1) is 6.58 Å². The van der Waals surface area contributed by atoms with E-state index in [0.29, 0.717) is 6.61 Å². The third kappa shape index (κ3) is 39.5. The summed E-state index contributed by atoms with van der Waals surface area (Å²) in [7, 11) is 0. The van der Waals surface area contributed by atoms with E-state index < -0.39 is 0 Å². The van der Waals surface area contributed by atoms with E-state index in [1.165, 1.54) is 153 Å². The minimum Gasteiger partial charge on any atom is -0.389 e. The van der Waals surface area contributed by atoms with Crippen LogP contribution in [0.5, 0.6) is 0 Å². The average Bonchev–Trinajstić information content (AvgIpc) is 3.14. The van der Waals surface area contributed by atoms with E-state index in [1.54, 1.807) is 6.92 Å². The summed E-state index contributed by atoms with van der Waals surface area (Å²) in [4.78, 5) is 12.2. The molecule has 0 saturated heterocycles. The number of nitrogens with one attached hydrogen (secondary N) is 4. The Morgan fingerprint density at radius 3 is 1.62 bits per heavy atom. The minimum atomic E-state index is -0.0979. The Morgan fingerprint density at radius 2 is 1.04 bits per heavy atom. The van der Waals surface area contributed by atoms with Crippen LogP contribution in [0.2, 0.25) is 0 Å². The van der Waals surface area contributed by atoms with Gasteiger partial charge in [-0.1, -0.05) is 135 Å². The molecule has 310 valence electrons. The largest absolute Gasteiger partial charge is 0.389 e. The molecule has 0 saturated carbocycles. The third-order valence-electron chi connectivity index (χ3n) is 10.2. The Balaban J connectivity index is 3.54. The summed E-state index contributed by atoms with van der Waals surface area (Å²) < 4.78 is 5.71. The van der Waals surface area contributed by atoms with Gasteiger partial charge >= 0.3 is 0 Å². The zero-order chi connectivity index (χ0) is 38.9. The maximum atomic E-state index is 12.2. The predicted octanol–water partition coefficient (Wildman–Crippen LogP) is 12.4. The Bertz CT molecular complexity index is 873. The molecule has 6 nitrogen and oxygen atoms in total. The van der Waals surface area contributed by atoms with E-state index in [-0.39, 0.29) is 11.8 Å². The second-order valence-corrected chi connectivity index (χ2v) is 15.6. The quantitative estimate of drug-likeness (QED) is 0.0368. The normalized spacial score (nSPS) is 11.7. The van der Waals surface area contributed by atoms with Crippen molar-refractivity contribution in [2.75, 3.05) is 39.4 Å². The lowest BCUT2D eigenvalue weighted by atomic mass is 10.0. The molecule has 0 amide bonds. The van der Waals surface area contributed by atoms with Crippen LogP contribution in [0.15, 0.2) is 49.5 Å². The number of hydrogen-bond acceptors (Lipinski definition) is 6. The first-order valence-electron chi connectivity index (χ1n) is 22.6. The molecule has 0 aromatic heterocycles. The maximum absolute atomic E-state index is 12.2. The van der Waals surface area contributed by atoms with Gasteiger partial charge in [-0.25, -0.2) is 0 Å². The van der Waals surface area contributed by atoms with E-state index in [1.807, 2.05) is 6.08 Å². The lowest BCUT2D eigenvalue weighted by molar-refractivity contribution is -0.119. The van der Waals surface area contributed by atoms with Gasteiger partial charge in [-0.3, -0.25) is 4.79 Å². The van der Waals surface area contributed by atoms with Gasteiger partial charge in [-0.2, -0.15) is 0 Å². The molecule has 0 fully saturated rings. The highest BCUT2D eigenvalue weighted by molar-refractivity contribution is 5.81. The van der Waals surface area contributed by atoms with E-state index in [2.05, 4.69) is 54.5 Å². The molecule has 1 unspecified atom stereocenters. The monoisotopic (exact) mass is 743 g/mol. The van der Waals surface area contributed by atoms with Crippen LogP contribution < -0.4 is 21.3 Å².